The van der Waals surface area contributed by atoms with Gasteiger partial charge in [-0.3, -0.25) is 19.3 Å². The van der Waals surface area contributed by atoms with E-state index in [1.807, 2.05) is 43.3 Å². The number of carbonyl (C=O) groups excluding carboxylic acids is 3. The van der Waals surface area contributed by atoms with Crippen LogP contribution in [0, 0.1) is 18.8 Å². The Labute approximate surface area is 141 Å². The first-order valence-corrected chi connectivity index (χ1v) is 8.27. The van der Waals surface area contributed by atoms with Gasteiger partial charge in [0.2, 0.25) is 17.7 Å². The first kappa shape index (κ1) is 16.4. The largest absolute Gasteiger partial charge is 0.340 e. The minimum atomic E-state index is -0.281. The lowest BCUT2D eigenvalue weighted by molar-refractivity contribution is -0.146. The maximum absolute atomic E-state index is 12.5. The van der Waals surface area contributed by atoms with Crippen LogP contribution in [0.1, 0.15) is 24.0 Å². The molecule has 24 heavy (non-hydrogen) atoms. The number of rotatable bonds is 4. The molecule has 1 aliphatic carbocycles. The number of carbonyl (C=O) groups is 3. The molecule has 1 heterocycles. The van der Waals surface area contributed by atoms with Gasteiger partial charge in [0.1, 0.15) is 6.54 Å². The monoisotopic (exact) mass is 326 g/mol. The van der Waals surface area contributed by atoms with E-state index in [-0.39, 0.29) is 36.1 Å². The normalized spacial score (nSPS) is 22.7. The molecule has 1 aromatic carbocycles. The first-order valence-electron chi connectivity index (χ1n) is 8.27. The van der Waals surface area contributed by atoms with Crippen LogP contribution in [0.25, 0.3) is 0 Å². The van der Waals surface area contributed by atoms with Crippen molar-refractivity contribution in [1.82, 2.24) is 9.80 Å². The molecule has 5 nitrogen and oxygen atoms in total. The summed E-state index contributed by atoms with van der Waals surface area (Å²) < 4.78 is 0. The van der Waals surface area contributed by atoms with Crippen LogP contribution < -0.4 is 0 Å². The van der Waals surface area contributed by atoms with Gasteiger partial charge in [-0.05, 0) is 30.9 Å². The SMILES string of the molecule is Cc1ccccc1CN(C)C(=O)CN1C(=O)C2CC=CCC2C1=O. The third kappa shape index (κ3) is 2.98. The minimum absolute atomic E-state index is 0.160. The number of aryl methyl sites for hydroxylation is 1. The van der Waals surface area contributed by atoms with Crippen molar-refractivity contribution in [3.8, 4) is 0 Å². The second-order valence-corrected chi connectivity index (χ2v) is 6.59. The highest BCUT2D eigenvalue weighted by molar-refractivity contribution is 6.07. The zero-order valence-electron chi connectivity index (χ0n) is 14.1. The van der Waals surface area contributed by atoms with Crippen molar-refractivity contribution in [3.05, 3.63) is 47.5 Å². The standard InChI is InChI=1S/C19H22N2O3/c1-13-7-3-4-8-14(13)11-20(2)17(22)12-21-18(23)15-9-5-6-10-16(15)19(21)24/h3-8,15-16H,9-12H2,1-2H3. The number of nitrogens with zero attached hydrogens (tertiary/aromatic N) is 2. The van der Waals surface area contributed by atoms with Gasteiger partial charge in [-0.1, -0.05) is 36.4 Å². The molecule has 1 fully saturated rings. The van der Waals surface area contributed by atoms with Crippen molar-refractivity contribution in [3.63, 3.8) is 0 Å². The lowest BCUT2D eigenvalue weighted by Crippen LogP contribution is -2.41. The molecule has 3 rings (SSSR count). The molecule has 0 aromatic heterocycles. The highest BCUT2D eigenvalue weighted by Gasteiger charge is 2.47. The van der Waals surface area contributed by atoms with Crippen molar-refractivity contribution in [2.45, 2.75) is 26.3 Å². The van der Waals surface area contributed by atoms with Crippen LogP contribution in [0.4, 0.5) is 0 Å². The van der Waals surface area contributed by atoms with E-state index in [1.165, 1.54) is 0 Å². The zero-order valence-corrected chi connectivity index (χ0v) is 14.1. The topological polar surface area (TPSA) is 57.7 Å². The summed E-state index contributed by atoms with van der Waals surface area (Å²) in [6.45, 7) is 2.31. The summed E-state index contributed by atoms with van der Waals surface area (Å²) in [5.74, 6) is -1.18. The summed E-state index contributed by atoms with van der Waals surface area (Å²) in [5.41, 5.74) is 2.17. The molecule has 0 saturated carbocycles. The van der Waals surface area contributed by atoms with Gasteiger partial charge in [0, 0.05) is 13.6 Å². The van der Waals surface area contributed by atoms with Crippen LogP contribution in [0.3, 0.4) is 0 Å². The molecule has 2 atom stereocenters. The second kappa shape index (κ2) is 6.59. The van der Waals surface area contributed by atoms with Gasteiger partial charge >= 0.3 is 0 Å². The lowest BCUT2D eigenvalue weighted by atomic mass is 9.85. The van der Waals surface area contributed by atoms with Gasteiger partial charge in [0.25, 0.3) is 0 Å². The maximum atomic E-state index is 12.5. The Morgan fingerprint density at radius 2 is 1.71 bits per heavy atom. The second-order valence-electron chi connectivity index (χ2n) is 6.59. The van der Waals surface area contributed by atoms with Crippen LogP contribution in [0.2, 0.25) is 0 Å². The van der Waals surface area contributed by atoms with Crippen LogP contribution in [-0.2, 0) is 20.9 Å². The molecule has 5 heteroatoms. The third-order valence-corrected chi connectivity index (χ3v) is 4.99. The van der Waals surface area contributed by atoms with Gasteiger partial charge in [-0.25, -0.2) is 0 Å². The molecule has 1 saturated heterocycles. The van der Waals surface area contributed by atoms with E-state index in [1.54, 1.807) is 11.9 Å². The quantitative estimate of drug-likeness (QED) is 0.627. The Hall–Kier alpha value is -2.43. The summed E-state index contributed by atoms with van der Waals surface area (Å²) in [4.78, 5) is 40.0. The van der Waals surface area contributed by atoms with Crippen LogP contribution >= 0.6 is 0 Å². The molecule has 126 valence electrons. The minimum Gasteiger partial charge on any atom is -0.340 e. The maximum Gasteiger partial charge on any atom is 0.242 e. The smallest absolute Gasteiger partial charge is 0.242 e. The molecule has 0 radical (unpaired) electrons. The Morgan fingerprint density at radius 3 is 2.29 bits per heavy atom. The van der Waals surface area contributed by atoms with Gasteiger partial charge in [0.15, 0.2) is 0 Å². The average molecular weight is 326 g/mol. The van der Waals surface area contributed by atoms with Gasteiger partial charge in [-0.2, -0.15) is 0 Å². The van der Waals surface area contributed by atoms with E-state index >= 15 is 0 Å². The van der Waals surface area contributed by atoms with Crippen LogP contribution in [0.15, 0.2) is 36.4 Å². The lowest BCUT2D eigenvalue weighted by Gasteiger charge is -2.22. The van der Waals surface area contributed by atoms with Crippen LogP contribution in [-0.4, -0.2) is 41.1 Å². The molecule has 0 spiro atoms. The number of likely N-dealkylation sites (N-methyl/N-ethyl adjacent to an activating group) is 1. The van der Waals surface area contributed by atoms with Crippen molar-refractivity contribution in [2.24, 2.45) is 11.8 Å². The van der Waals surface area contributed by atoms with Crippen molar-refractivity contribution in [1.29, 1.82) is 0 Å². The van der Waals surface area contributed by atoms with Crippen molar-refractivity contribution < 1.29 is 14.4 Å². The number of hydrogen-bond acceptors (Lipinski definition) is 3. The molecule has 1 aliphatic heterocycles. The molecule has 3 amide bonds. The summed E-state index contributed by atoms with van der Waals surface area (Å²) in [7, 11) is 1.70. The fourth-order valence-electron chi connectivity index (χ4n) is 3.41. The molecule has 0 bridgehead atoms. The number of imide groups is 1. The zero-order chi connectivity index (χ0) is 17.3. The van der Waals surface area contributed by atoms with E-state index in [4.69, 9.17) is 0 Å². The molecule has 2 unspecified atom stereocenters. The highest BCUT2D eigenvalue weighted by atomic mass is 16.2. The number of benzene rings is 1. The highest BCUT2D eigenvalue weighted by Crippen LogP contribution is 2.34. The molecular weight excluding hydrogens is 304 g/mol. The van der Waals surface area contributed by atoms with E-state index < -0.39 is 0 Å². The fraction of sp³-hybridized carbons (Fsp3) is 0.421. The Balaban J connectivity index is 1.65. The predicted molar refractivity (Wildman–Crippen MR) is 89.7 cm³/mol. The van der Waals surface area contributed by atoms with Gasteiger partial charge < -0.3 is 4.90 Å². The Morgan fingerprint density at radius 1 is 1.12 bits per heavy atom. The first-order chi connectivity index (χ1) is 11.5. The number of amides is 3. The molecule has 2 aliphatic rings. The number of fused-ring (bicyclic) bond motifs is 1. The number of allylic oxidation sites excluding steroid dienone is 2. The molecule has 0 N–H and O–H groups in total. The van der Waals surface area contributed by atoms with E-state index in [0.29, 0.717) is 19.4 Å². The van der Waals surface area contributed by atoms with Crippen molar-refractivity contribution >= 4 is 17.7 Å². The molecular formula is C19H22N2O3. The van der Waals surface area contributed by atoms with E-state index in [2.05, 4.69) is 0 Å². The van der Waals surface area contributed by atoms with E-state index in [0.717, 1.165) is 16.0 Å². The molecule has 1 aromatic rings. The summed E-state index contributed by atoms with van der Waals surface area (Å²) in [6.07, 6.45) is 5.09. The summed E-state index contributed by atoms with van der Waals surface area (Å²) >= 11 is 0. The Bertz CT molecular complexity index is 684. The van der Waals surface area contributed by atoms with Gasteiger partial charge in [0.05, 0.1) is 11.8 Å². The Kier molecular flexibility index (Phi) is 4.51. The number of likely N-dealkylation sites (tertiary alicyclic amines) is 1. The average Bonchev–Trinajstić information content (AvgIpc) is 2.82. The number of hydrogen-bond donors (Lipinski definition) is 0. The van der Waals surface area contributed by atoms with Gasteiger partial charge in [-0.15, -0.1) is 0 Å². The van der Waals surface area contributed by atoms with E-state index in [9.17, 15) is 14.4 Å². The van der Waals surface area contributed by atoms with Crippen LogP contribution in [0.5, 0.6) is 0 Å². The fourth-order valence-corrected chi connectivity index (χ4v) is 3.41. The predicted octanol–water partition coefficient (Wildman–Crippen LogP) is 1.90. The van der Waals surface area contributed by atoms with Crippen molar-refractivity contribution in [2.75, 3.05) is 13.6 Å². The third-order valence-electron chi connectivity index (χ3n) is 4.99. The summed E-state index contributed by atoms with van der Waals surface area (Å²) in [6, 6.07) is 7.87. The summed E-state index contributed by atoms with van der Waals surface area (Å²) in [5, 5.41) is 0.